The molecule has 0 fully saturated rings. The molecule has 1 aromatic heterocycles. The van der Waals surface area contributed by atoms with E-state index in [1.807, 2.05) is 97.9 Å². The van der Waals surface area contributed by atoms with E-state index in [9.17, 15) is 9.59 Å². The lowest BCUT2D eigenvalue weighted by Crippen LogP contribution is -2.47. The maximum atomic E-state index is 13.6. The van der Waals surface area contributed by atoms with E-state index in [4.69, 9.17) is 0 Å². The number of H-pyrrole nitrogens is 1. The number of nitrogens with zero attached hydrogens (tertiary/aromatic N) is 2. The molecular weight excluding hydrogens is 480 g/mol. The zero-order chi connectivity index (χ0) is 26.2. The van der Waals surface area contributed by atoms with E-state index >= 15 is 0 Å². The topological polar surface area (TPSA) is 68.4 Å². The van der Waals surface area contributed by atoms with E-state index in [2.05, 4.69) is 22.4 Å². The molecule has 37 heavy (non-hydrogen) atoms. The summed E-state index contributed by atoms with van der Waals surface area (Å²) >= 11 is 1.65. The van der Waals surface area contributed by atoms with Crippen molar-refractivity contribution in [2.75, 3.05) is 24.7 Å². The molecule has 0 aliphatic rings. The van der Waals surface area contributed by atoms with E-state index in [1.165, 1.54) is 10.9 Å². The molecule has 0 saturated carbocycles. The van der Waals surface area contributed by atoms with Crippen molar-refractivity contribution < 1.29 is 9.59 Å². The Hall–Kier alpha value is -3.71. The van der Waals surface area contributed by atoms with Gasteiger partial charge in [0, 0.05) is 46.8 Å². The van der Waals surface area contributed by atoms with Crippen LogP contribution >= 0.6 is 11.8 Å². The van der Waals surface area contributed by atoms with Crippen LogP contribution < -0.4 is 5.32 Å². The molecule has 7 heteroatoms. The number of nitrogens with one attached hydrogen (secondary N) is 2. The Kier molecular flexibility index (Phi) is 8.90. The maximum Gasteiger partial charge on any atom is 0.322 e. The third-order valence-corrected chi connectivity index (χ3v) is 7.17. The number of hydrogen-bond acceptors (Lipinski definition) is 3. The Balaban J connectivity index is 1.48. The summed E-state index contributed by atoms with van der Waals surface area (Å²) in [6.45, 7) is 4.91. The van der Waals surface area contributed by atoms with E-state index < -0.39 is 0 Å². The lowest BCUT2D eigenvalue weighted by atomic mass is 10.1. The van der Waals surface area contributed by atoms with Gasteiger partial charge in [0.1, 0.15) is 6.54 Å². The van der Waals surface area contributed by atoms with Crippen molar-refractivity contribution in [2.24, 2.45) is 0 Å². The minimum absolute atomic E-state index is 0.00706. The number of urea groups is 1. The largest absolute Gasteiger partial charge is 0.361 e. The first kappa shape index (κ1) is 26.4. The van der Waals surface area contributed by atoms with E-state index in [-0.39, 0.29) is 24.5 Å². The third-order valence-electron chi connectivity index (χ3n) is 6.43. The highest BCUT2D eigenvalue weighted by Crippen LogP contribution is 2.20. The predicted octanol–water partition coefficient (Wildman–Crippen LogP) is 6.40. The van der Waals surface area contributed by atoms with Crippen molar-refractivity contribution in [1.82, 2.24) is 14.8 Å². The second kappa shape index (κ2) is 12.5. The molecule has 0 spiro atoms. The summed E-state index contributed by atoms with van der Waals surface area (Å²) in [5.41, 5.74) is 4.03. The number of aromatic amines is 1. The van der Waals surface area contributed by atoms with Crippen LogP contribution in [0.25, 0.3) is 10.9 Å². The summed E-state index contributed by atoms with van der Waals surface area (Å²) in [6.07, 6.45) is 4.75. The fourth-order valence-electron chi connectivity index (χ4n) is 4.29. The number of thioether (sulfide) groups is 1. The lowest BCUT2D eigenvalue weighted by Gasteiger charge is -2.30. The van der Waals surface area contributed by atoms with Crippen molar-refractivity contribution in [1.29, 1.82) is 0 Å². The van der Waals surface area contributed by atoms with Gasteiger partial charge in [0.25, 0.3) is 0 Å². The summed E-state index contributed by atoms with van der Waals surface area (Å²) in [5.74, 6) is -0.0784. The molecule has 2 N–H and O–H groups in total. The molecule has 0 atom stereocenters. The predicted molar refractivity (Wildman–Crippen MR) is 153 cm³/mol. The Morgan fingerprint density at radius 2 is 1.65 bits per heavy atom. The zero-order valence-electron chi connectivity index (χ0n) is 21.6. The van der Waals surface area contributed by atoms with Gasteiger partial charge in [0.15, 0.2) is 0 Å². The first-order chi connectivity index (χ1) is 17.9. The molecule has 3 amide bonds. The van der Waals surface area contributed by atoms with Gasteiger partial charge in [-0.15, -0.1) is 11.8 Å². The Labute approximate surface area is 223 Å². The fraction of sp³-hybridized carbons (Fsp3) is 0.267. The van der Waals surface area contributed by atoms with E-state index in [1.54, 1.807) is 16.7 Å². The molecular formula is C30H34N4O2S. The molecule has 1 heterocycles. The second-order valence-electron chi connectivity index (χ2n) is 9.29. The van der Waals surface area contributed by atoms with Gasteiger partial charge >= 0.3 is 6.03 Å². The smallest absolute Gasteiger partial charge is 0.322 e. The fourth-order valence-corrected chi connectivity index (χ4v) is 4.70. The average Bonchev–Trinajstić information content (AvgIpc) is 3.33. The average molecular weight is 515 g/mol. The molecule has 0 saturated heterocycles. The van der Waals surface area contributed by atoms with Crippen LogP contribution in [0.1, 0.15) is 25.0 Å². The molecule has 0 aliphatic heterocycles. The van der Waals surface area contributed by atoms with Gasteiger partial charge in [0.2, 0.25) is 5.91 Å². The minimum atomic E-state index is -0.281. The molecule has 4 aromatic rings. The van der Waals surface area contributed by atoms with Crippen LogP contribution in [-0.4, -0.2) is 52.1 Å². The molecule has 0 bridgehead atoms. The standard InChI is InChI=1S/C30H34N4O2S/c1-22(2)34(30(36)32-25-13-15-26(37-3)16-14-25)21-29(35)33(20-23-9-5-4-6-10-23)18-17-24-19-31-28-12-8-7-11-27(24)28/h4-16,19,22,31H,17-18,20-21H2,1-3H3,(H,32,36). The van der Waals surface area contributed by atoms with Crippen LogP contribution in [0, 0.1) is 0 Å². The third kappa shape index (κ3) is 6.95. The first-order valence-corrected chi connectivity index (χ1v) is 13.8. The number of para-hydroxylation sites is 1. The van der Waals surface area contributed by atoms with Gasteiger partial charge in [-0.3, -0.25) is 4.79 Å². The van der Waals surface area contributed by atoms with Gasteiger partial charge in [-0.05, 0) is 68.0 Å². The van der Waals surface area contributed by atoms with Gasteiger partial charge in [0.05, 0.1) is 0 Å². The lowest BCUT2D eigenvalue weighted by molar-refractivity contribution is -0.132. The number of carbonyl (C=O) groups excluding carboxylic acids is 2. The van der Waals surface area contributed by atoms with Crippen LogP contribution in [0.15, 0.2) is 90.0 Å². The molecule has 3 aromatic carbocycles. The van der Waals surface area contributed by atoms with Crippen LogP contribution in [0.3, 0.4) is 0 Å². The van der Waals surface area contributed by atoms with Crippen molar-refractivity contribution >= 4 is 40.3 Å². The summed E-state index contributed by atoms with van der Waals surface area (Å²) in [5, 5.41) is 4.12. The van der Waals surface area contributed by atoms with Crippen LogP contribution in [0.5, 0.6) is 0 Å². The van der Waals surface area contributed by atoms with E-state index in [0.29, 0.717) is 18.8 Å². The SMILES string of the molecule is CSc1ccc(NC(=O)N(CC(=O)N(CCc2c[nH]c3ccccc23)Cc2ccccc2)C(C)C)cc1. The Morgan fingerprint density at radius 1 is 0.946 bits per heavy atom. The highest BCUT2D eigenvalue weighted by Gasteiger charge is 2.24. The second-order valence-corrected chi connectivity index (χ2v) is 10.2. The van der Waals surface area contributed by atoms with Gasteiger partial charge in [-0.1, -0.05) is 48.5 Å². The van der Waals surface area contributed by atoms with Crippen LogP contribution in [-0.2, 0) is 17.8 Å². The monoisotopic (exact) mass is 514 g/mol. The first-order valence-electron chi connectivity index (χ1n) is 12.5. The molecule has 4 rings (SSSR count). The number of fused-ring (bicyclic) bond motifs is 1. The van der Waals surface area contributed by atoms with Crippen LogP contribution in [0.4, 0.5) is 10.5 Å². The normalized spacial score (nSPS) is 11.0. The maximum absolute atomic E-state index is 13.6. The highest BCUT2D eigenvalue weighted by atomic mass is 32.2. The van der Waals surface area contributed by atoms with Gasteiger partial charge in [-0.25, -0.2) is 4.79 Å². The number of anilines is 1. The number of benzene rings is 3. The summed E-state index contributed by atoms with van der Waals surface area (Å²) in [7, 11) is 0. The summed E-state index contributed by atoms with van der Waals surface area (Å²) in [6, 6.07) is 25.5. The molecule has 0 radical (unpaired) electrons. The number of rotatable bonds is 10. The highest BCUT2D eigenvalue weighted by molar-refractivity contribution is 7.98. The van der Waals surface area contributed by atoms with E-state index in [0.717, 1.165) is 22.4 Å². The number of carbonyl (C=O) groups is 2. The number of hydrogen-bond donors (Lipinski definition) is 2. The summed E-state index contributed by atoms with van der Waals surface area (Å²) in [4.78, 5) is 34.7. The molecule has 0 unspecified atom stereocenters. The molecule has 192 valence electrons. The summed E-state index contributed by atoms with van der Waals surface area (Å²) < 4.78 is 0. The van der Waals surface area contributed by atoms with Crippen molar-refractivity contribution in [3.63, 3.8) is 0 Å². The Bertz CT molecular complexity index is 1320. The number of amides is 3. The minimum Gasteiger partial charge on any atom is -0.361 e. The van der Waals surface area contributed by atoms with Crippen molar-refractivity contribution in [3.8, 4) is 0 Å². The quantitative estimate of drug-likeness (QED) is 0.241. The Morgan fingerprint density at radius 3 is 2.35 bits per heavy atom. The molecule has 6 nitrogen and oxygen atoms in total. The van der Waals surface area contributed by atoms with Crippen molar-refractivity contribution in [2.45, 2.75) is 37.8 Å². The van der Waals surface area contributed by atoms with Crippen molar-refractivity contribution in [3.05, 3.63) is 96.2 Å². The number of aromatic nitrogens is 1. The molecule has 0 aliphatic carbocycles. The van der Waals surface area contributed by atoms with Gasteiger partial charge in [-0.2, -0.15) is 0 Å². The van der Waals surface area contributed by atoms with Gasteiger partial charge < -0.3 is 20.1 Å². The zero-order valence-corrected chi connectivity index (χ0v) is 22.4. The van der Waals surface area contributed by atoms with Crippen LogP contribution in [0.2, 0.25) is 0 Å².